The summed E-state index contributed by atoms with van der Waals surface area (Å²) in [6.45, 7) is 4.57. The molecule has 20 heavy (non-hydrogen) atoms. The molecule has 1 aliphatic carbocycles. The van der Waals surface area contributed by atoms with Gasteiger partial charge in [0, 0.05) is 18.5 Å². The van der Waals surface area contributed by atoms with Gasteiger partial charge in [0.05, 0.1) is 17.9 Å². The Kier molecular flexibility index (Phi) is 3.61. The first-order chi connectivity index (χ1) is 9.65. The number of aromatic amines is 1. The lowest BCUT2D eigenvalue weighted by molar-refractivity contribution is -0.00697. The van der Waals surface area contributed by atoms with Gasteiger partial charge in [-0.2, -0.15) is 5.10 Å². The van der Waals surface area contributed by atoms with Crippen molar-refractivity contribution in [3.8, 4) is 0 Å². The van der Waals surface area contributed by atoms with E-state index in [-0.39, 0.29) is 18.1 Å². The molecular formula is C15H21N3O2. The topological polar surface area (TPSA) is 67.0 Å². The van der Waals surface area contributed by atoms with Gasteiger partial charge >= 0.3 is 0 Å². The molecule has 1 amide bonds. The highest BCUT2D eigenvalue weighted by molar-refractivity contribution is 5.94. The van der Waals surface area contributed by atoms with Crippen molar-refractivity contribution in [2.24, 2.45) is 5.92 Å². The normalized spacial score (nSPS) is 25.7. The van der Waals surface area contributed by atoms with E-state index in [1.807, 2.05) is 19.9 Å². The number of allylic oxidation sites excluding steroid dienone is 1. The predicted octanol–water partition coefficient (Wildman–Crippen LogP) is 2.13. The summed E-state index contributed by atoms with van der Waals surface area (Å²) < 4.78 is 5.72. The fourth-order valence-electron chi connectivity index (χ4n) is 2.65. The number of hydrogen-bond acceptors (Lipinski definition) is 3. The maximum atomic E-state index is 12.2. The standard InChI is InChI=1S/C15H21N3O2/c1-9-8-12-13(10(2)20-9)17-18-14(12)15(19)16-7-3-4-11-5-6-11/h3-4,9-11H,5-8H2,1-2H3,(H,16,19)(H,17,18)/b4-3+/t9-,10+/m1/s1. The molecule has 1 saturated carbocycles. The van der Waals surface area contributed by atoms with Crippen LogP contribution in [0, 0.1) is 5.92 Å². The Morgan fingerprint density at radius 2 is 2.30 bits per heavy atom. The number of H-pyrrole nitrogens is 1. The number of nitrogens with zero attached hydrogens (tertiary/aromatic N) is 1. The van der Waals surface area contributed by atoms with E-state index < -0.39 is 0 Å². The molecule has 108 valence electrons. The van der Waals surface area contributed by atoms with Crippen LogP contribution in [0.2, 0.25) is 0 Å². The van der Waals surface area contributed by atoms with E-state index in [4.69, 9.17) is 4.74 Å². The van der Waals surface area contributed by atoms with E-state index in [0.717, 1.165) is 23.6 Å². The molecule has 2 N–H and O–H groups in total. The maximum Gasteiger partial charge on any atom is 0.272 e. The summed E-state index contributed by atoms with van der Waals surface area (Å²) >= 11 is 0. The van der Waals surface area contributed by atoms with Gasteiger partial charge < -0.3 is 10.1 Å². The molecule has 0 saturated heterocycles. The smallest absolute Gasteiger partial charge is 0.272 e. The first kappa shape index (κ1) is 13.4. The minimum absolute atomic E-state index is 0.0300. The SMILES string of the molecule is C[C@@H]1Cc2c(C(=O)NC/C=C/C3CC3)n[nH]c2[C@H](C)O1. The van der Waals surface area contributed by atoms with Gasteiger partial charge in [0.25, 0.3) is 5.91 Å². The van der Waals surface area contributed by atoms with E-state index in [9.17, 15) is 4.79 Å². The predicted molar refractivity (Wildman–Crippen MR) is 75.5 cm³/mol. The molecular weight excluding hydrogens is 254 g/mol. The third-order valence-electron chi connectivity index (χ3n) is 3.86. The number of hydrogen-bond donors (Lipinski definition) is 2. The summed E-state index contributed by atoms with van der Waals surface area (Å²) in [7, 11) is 0. The van der Waals surface area contributed by atoms with Gasteiger partial charge in [-0.15, -0.1) is 0 Å². The Labute approximate surface area is 118 Å². The van der Waals surface area contributed by atoms with Crippen LogP contribution in [0.3, 0.4) is 0 Å². The van der Waals surface area contributed by atoms with Gasteiger partial charge in [-0.05, 0) is 32.6 Å². The van der Waals surface area contributed by atoms with Gasteiger partial charge in [-0.1, -0.05) is 12.2 Å². The van der Waals surface area contributed by atoms with Gasteiger partial charge in [0.1, 0.15) is 0 Å². The van der Waals surface area contributed by atoms with Gasteiger partial charge in [-0.3, -0.25) is 9.89 Å². The third-order valence-corrected chi connectivity index (χ3v) is 3.86. The van der Waals surface area contributed by atoms with Crippen LogP contribution in [0.15, 0.2) is 12.2 Å². The van der Waals surface area contributed by atoms with Crippen molar-refractivity contribution in [2.45, 2.75) is 45.3 Å². The minimum Gasteiger partial charge on any atom is -0.369 e. The van der Waals surface area contributed by atoms with Crippen molar-refractivity contribution in [2.75, 3.05) is 6.54 Å². The average Bonchev–Trinajstić information content (AvgIpc) is 3.12. The van der Waals surface area contributed by atoms with Crippen LogP contribution in [0.25, 0.3) is 0 Å². The molecule has 2 heterocycles. The zero-order valence-corrected chi connectivity index (χ0v) is 12.0. The summed E-state index contributed by atoms with van der Waals surface area (Å²) in [6.07, 6.45) is 7.60. The van der Waals surface area contributed by atoms with Crippen molar-refractivity contribution in [3.63, 3.8) is 0 Å². The molecule has 5 nitrogen and oxygen atoms in total. The molecule has 1 fully saturated rings. The van der Waals surface area contributed by atoms with Crippen molar-refractivity contribution < 1.29 is 9.53 Å². The van der Waals surface area contributed by atoms with Crippen molar-refractivity contribution in [1.29, 1.82) is 0 Å². The van der Waals surface area contributed by atoms with Crippen molar-refractivity contribution in [3.05, 3.63) is 29.1 Å². The monoisotopic (exact) mass is 275 g/mol. The largest absolute Gasteiger partial charge is 0.369 e. The van der Waals surface area contributed by atoms with Crippen molar-refractivity contribution >= 4 is 5.91 Å². The molecule has 0 spiro atoms. The summed E-state index contributed by atoms with van der Waals surface area (Å²) in [6, 6.07) is 0. The van der Waals surface area contributed by atoms with E-state index in [1.165, 1.54) is 12.8 Å². The molecule has 2 aliphatic rings. The lowest BCUT2D eigenvalue weighted by atomic mass is 9.99. The molecule has 0 radical (unpaired) electrons. The second-order valence-corrected chi connectivity index (χ2v) is 5.73. The van der Waals surface area contributed by atoms with E-state index >= 15 is 0 Å². The lowest BCUT2D eigenvalue weighted by Gasteiger charge is -2.25. The van der Waals surface area contributed by atoms with Gasteiger partial charge in [0.15, 0.2) is 5.69 Å². The number of nitrogens with one attached hydrogen (secondary N) is 2. The highest BCUT2D eigenvalue weighted by Crippen LogP contribution is 2.30. The highest BCUT2D eigenvalue weighted by Gasteiger charge is 2.29. The average molecular weight is 275 g/mol. The number of amides is 1. The maximum absolute atomic E-state index is 12.2. The number of ether oxygens (including phenoxy) is 1. The third kappa shape index (κ3) is 2.77. The zero-order valence-electron chi connectivity index (χ0n) is 12.0. The zero-order chi connectivity index (χ0) is 14.1. The number of aromatic nitrogens is 2. The van der Waals surface area contributed by atoms with Crippen LogP contribution >= 0.6 is 0 Å². The first-order valence-corrected chi connectivity index (χ1v) is 7.32. The first-order valence-electron chi connectivity index (χ1n) is 7.32. The van der Waals surface area contributed by atoms with Crippen LogP contribution < -0.4 is 5.32 Å². The van der Waals surface area contributed by atoms with Crippen LogP contribution in [0.1, 0.15) is 54.5 Å². The molecule has 0 aromatic carbocycles. The fourth-order valence-corrected chi connectivity index (χ4v) is 2.65. The Morgan fingerprint density at radius 1 is 1.50 bits per heavy atom. The number of rotatable bonds is 4. The molecule has 0 unspecified atom stereocenters. The van der Waals surface area contributed by atoms with E-state index in [2.05, 4.69) is 21.6 Å². The van der Waals surface area contributed by atoms with Crippen LogP contribution in [0.5, 0.6) is 0 Å². The Morgan fingerprint density at radius 3 is 3.05 bits per heavy atom. The Balaban J connectivity index is 1.65. The summed E-state index contributed by atoms with van der Waals surface area (Å²) in [5.74, 6) is 0.633. The molecule has 1 aromatic rings. The lowest BCUT2D eigenvalue weighted by Crippen LogP contribution is -2.27. The summed E-state index contributed by atoms with van der Waals surface area (Å²) in [5, 5.41) is 10.0. The Hall–Kier alpha value is -1.62. The molecule has 3 rings (SSSR count). The van der Waals surface area contributed by atoms with E-state index in [0.29, 0.717) is 12.2 Å². The minimum atomic E-state index is -0.107. The second kappa shape index (κ2) is 5.40. The van der Waals surface area contributed by atoms with Crippen LogP contribution in [-0.2, 0) is 11.2 Å². The molecule has 2 atom stereocenters. The Bertz CT molecular complexity index is 531. The van der Waals surface area contributed by atoms with E-state index in [1.54, 1.807) is 0 Å². The van der Waals surface area contributed by atoms with Crippen LogP contribution in [-0.4, -0.2) is 28.8 Å². The molecule has 1 aliphatic heterocycles. The van der Waals surface area contributed by atoms with Crippen LogP contribution in [0.4, 0.5) is 0 Å². The summed E-state index contributed by atoms with van der Waals surface area (Å²) in [5.41, 5.74) is 2.45. The van der Waals surface area contributed by atoms with Gasteiger partial charge in [-0.25, -0.2) is 0 Å². The number of fused-ring (bicyclic) bond motifs is 1. The number of carbonyl (C=O) groups excluding carboxylic acids is 1. The molecule has 1 aromatic heterocycles. The van der Waals surface area contributed by atoms with Gasteiger partial charge in [0.2, 0.25) is 0 Å². The second-order valence-electron chi connectivity index (χ2n) is 5.73. The highest BCUT2D eigenvalue weighted by atomic mass is 16.5. The molecule has 5 heteroatoms. The quantitative estimate of drug-likeness (QED) is 0.827. The fraction of sp³-hybridized carbons (Fsp3) is 0.600. The van der Waals surface area contributed by atoms with Crippen molar-refractivity contribution in [1.82, 2.24) is 15.5 Å². The number of carbonyl (C=O) groups is 1. The summed E-state index contributed by atoms with van der Waals surface area (Å²) in [4.78, 5) is 12.2. The molecule has 0 bridgehead atoms.